The van der Waals surface area contributed by atoms with Crippen LogP contribution in [0.1, 0.15) is 78.6 Å². The van der Waals surface area contributed by atoms with Gasteiger partial charge in [0.05, 0.1) is 18.3 Å². The van der Waals surface area contributed by atoms with Crippen LogP contribution in [0.2, 0.25) is 0 Å². The first kappa shape index (κ1) is 21.6. The van der Waals surface area contributed by atoms with E-state index in [1.54, 1.807) is 0 Å². The Labute approximate surface area is 174 Å². The molecule has 166 valence electrons. The third-order valence-corrected chi connectivity index (χ3v) is 10.2. The molecule has 4 unspecified atom stereocenters. The molecule has 0 amide bonds. The van der Waals surface area contributed by atoms with Gasteiger partial charge in [0.1, 0.15) is 0 Å². The van der Waals surface area contributed by atoms with Crippen LogP contribution in [-0.2, 0) is 4.79 Å². The number of carboxylic acid groups (broad SMARTS) is 1. The Balaban J connectivity index is 1.59. The second kappa shape index (κ2) is 7.49. The Morgan fingerprint density at radius 2 is 1.66 bits per heavy atom. The van der Waals surface area contributed by atoms with Crippen molar-refractivity contribution >= 4 is 5.97 Å². The maximum atomic E-state index is 11.3. The van der Waals surface area contributed by atoms with E-state index < -0.39 is 12.1 Å². The van der Waals surface area contributed by atoms with Crippen molar-refractivity contribution < 1.29 is 25.2 Å². The summed E-state index contributed by atoms with van der Waals surface area (Å²) in [5, 5.41) is 41.6. The topological polar surface area (TPSA) is 98.0 Å². The third-order valence-electron chi connectivity index (χ3n) is 10.2. The lowest BCUT2D eigenvalue weighted by atomic mass is 9.43. The molecule has 0 aromatic carbocycles. The Hall–Kier alpha value is -0.650. The lowest BCUT2D eigenvalue weighted by Gasteiger charge is -2.62. The monoisotopic (exact) mass is 408 g/mol. The average molecular weight is 409 g/mol. The summed E-state index contributed by atoms with van der Waals surface area (Å²) in [4.78, 5) is 11.1. The summed E-state index contributed by atoms with van der Waals surface area (Å²) in [6, 6.07) is 0. The van der Waals surface area contributed by atoms with E-state index in [1.807, 2.05) is 0 Å². The summed E-state index contributed by atoms with van der Waals surface area (Å²) in [6.45, 7) is 6.81. The molecule has 0 bridgehead atoms. The number of hydrogen-bond donors (Lipinski definition) is 4. The summed E-state index contributed by atoms with van der Waals surface area (Å²) >= 11 is 0. The normalized spacial score (nSPS) is 52.9. The largest absolute Gasteiger partial charge is 0.481 e. The molecular weight excluding hydrogens is 368 g/mol. The second-order valence-corrected chi connectivity index (χ2v) is 11.5. The SMILES string of the molecule is C[C@H](CCC(=O)O)[C@H]1[C@H](O)CC2C3C(O)C[C@@H]4C[C@H](O)CC[C@]4(C)C3CC[C@@]21C. The molecule has 0 aliphatic heterocycles. The van der Waals surface area contributed by atoms with Gasteiger partial charge < -0.3 is 20.4 Å². The molecule has 0 heterocycles. The van der Waals surface area contributed by atoms with Crippen molar-refractivity contribution in [3.8, 4) is 0 Å². The number of hydrogen-bond acceptors (Lipinski definition) is 4. The molecular formula is C24H40O5. The molecule has 4 N–H and O–H groups in total. The highest BCUT2D eigenvalue weighted by molar-refractivity contribution is 5.66. The summed E-state index contributed by atoms with van der Waals surface area (Å²) < 4.78 is 0. The zero-order valence-corrected chi connectivity index (χ0v) is 18.3. The average Bonchev–Trinajstić information content (AvgIpc) is 2.91. The van der Waals surface area contributed by atoms with Crippen molar-refractivity contribution in [1.82, 2.24) is 0 Å². The Morgan fingerprint density at radius 3 is 2.34 bits per heavy atom. The fraction of sp³-hybridized carbons (Fsp3) is 0.958. The van der Waals surface area contributed by atoms with Crippen LogP contribution in [-0.4, -0.2) is 44.7 Å². The van der Waals surface area contributed by atoms with Crippen LogP contribution in [0.3, 0.4) is 0 Å². The number of aliphatic hydroxyl groups is 3. The number of fused-ring (bicyclic) bond motifs is 5. The van der Waals surface area contributed by atoms with Gasteiger partial charge in [0.2, 0.25) is 0 Å². The smallest absolute Gasteiger partial charge is 0.303 e. The van der Waals surface area contributed by atoms with Crippen LogP contribution in [0.5, 0.6) is 0 Å². The molecule has 0 radical (unpaired) electrons. The number of aliphatic carboxylic acids is 1. The highest BCUT2D eigenvalue weighted by atomic mass is 16.4. The van der Waals surface area contributed by atoms with Gasteiger partial charge in [-0.05, 0) is 97.7 Å². The lowest BCUT2D eigenvalue weighted by Crippen LogP contribution is -2.58. The Morgan fingerprint density at radius 1 is 0.966 bits per heavy atom. The number of carboxylic acids is 1. The van der Waals surface area contributed by atoms with Gasteiger partial charge in [-0.3, -0.25) is 4.79 Å². The molecule has 29 heavy (non-hydrogen) atoms. The molecule has 4 fully saturated rings. The summed E-state index contributed by atoms with van der Waals surface area (Å²) in [5.74, 6) is 0.881. The first-order chi connectivity index (χ1) is 13.6. The van der Waals surface area contributed by atoms with E-state index in [2.05, 4.69) is 20.8 Å². The van der Waals surface area contributed by atoms with Gasteiger partial charge in [-0.15, -0.1) is 0 Å². The van der Waals surface area contributed by atoms with E-state index in [0.29, 0.717) is 24.2 Å². The summed E-state index contributed by atoms with van der Waals surface area (Å²) in [6.07, 6.45) is 6.14. The predicted molar refractivity (Wildman–Crippen MR) is 110 cm³/mol. The number of aliphatic hydroxyl groups excluding tert-OH is 3. The minimum absolute atomic E-state index is 0.0309. The van der Waals surface area contributed by atoms with Gasteiger partial charge in [-0.2, -0.15) is 0 Å². The summed E-state index contributed by atoms with van der Waals surface area (Å²) in [5.41, 5.74) is 0.152. The van der Waals surface area contributed by atoms with E-state index in [9.17, 15) is 20.1 Å². The van der Waals surface area contributed by atoms with Crippen molar-refractivity contribution in [3.63, 3.8) is 0 Å². The quantitative estimate of drug-likeness (QED) is 0.571. The van der Waals surface area contributed by atoms with Crippen molar-refractivity contribution in [1.29, 1.82) is 0 Å². The van der Waals surface area contributed by atoms with Crippen LogP contribution in [0.25, 0.3) is 0 Å². The zero-order valence-electron chi connectivity index (χ0n) is 18.3. The van der Waals surface area contributed by atoms with Crippen LogP contribution in [0.4, 0.5) is 0 Å². The Bertz CT molecular complexity index is 637. The van der Waals surface area contributed by atoms with Gasteiger partial charge in [0.15, 0.2) is 0 Å². The lowest BCUT2D eigenvalue weighted by molar-refractivity contribution is -0.174. The fourth-order valence-corrected chi connectivity index (χ4v) is 8.82. The van der Waals surface area contributed by atoms with Crippen LogP contribution >= 0.6 is 0 Å². The molecule has 4 aliphatic rings. The molecule has 4 rings (SSSR count). The third kappa shape index (κ3) is 3.36. The molecule has 5 nitrogen and oxygen atoms in total. The first-order valence-corrected chi connectivity index (χ1v) is 11.8. The number of rotatable bonds is 4. The first-order valence-electron chi connectivity index (χ1n) is 11.8. The van der Waals surface area contributed by atoms with Gasteiger partial charge in [0.25, 0.3) is 0 Å². The van der Waals surface area contributed by atoms with Crippen LogP contribution < -0.4 is 0 Å². The molecule has 0 spiro atoms. The Kier molecular flexibility index (Phi) is 5.57. The van der Waals surface area contributed by atoms with E-state index >= 15 is 0 Å². The van der Waals surface area contributed by atoms with Crippen LogP contribution in [0.15, 0.2) is 0 Å². The molecule has 11 atom stereocenters. The van der Waals surface area contributed by atoms with Crippen LogP contribution in [0, 0.1) is 46.3 Å². The maximum Gasteiger partial charge on any atom is 0.303 e. The molecule has 4 aliphatic carbocycles. The summed E-state index contributed by atoms with van der Waals surface area (Å²) in [7, 11) is 0. The van der Waals surface area contributed by atoms with Gasteiger partial charge in [0, 0.05) is 6.42 Å². The number of carbonyl (C=O) groups is 1. The van der Waals surface area contributed by atoms with E-state index in [-0.39, 0.29) is 47.2 Å². The van der Waals surface area contributed by atoms with E-state index in [1.165, 1.54) is 0 Å². The standard InChI is InChI=1S/C24H40O5/c1-13(4-5-20(28)29)22-19(27)12-17-21-16(7-9-24(17,22)3)23(2)8-6-15(25)10-14(23)11-18(21)26/h13-19,21-22,25-27H,4-12H2,1-3H3,(H,28,29)/t13-,14+,15-,16?,17?,18?,19-,21?,22+,23+,24+/m1/s1. The van der Waals surface area contributed by atoms with Crippen molar-refractivity contribution in [3.05, 3.63) is 0 Å². The molecule has 5 heteroatoms. The van der Waals surface area contributed by atoms with Gasteiger partial charge in [-0.25, -0.2) is 0 Å². The van der Waals surface area contributed by atoms with Crippen molar-refractivity contribution in [2.24, 2.45) is 46.3 Å². The predicted octanol–water partition coefficient (Wildman–Crippen LogP) is 3.45. The van der Waals surface area contributed by atoms with E-state index in [0.717, 1.165) is 44.9 Å². The van der Waals surface area contributed by atoms with E-state index in [4.69, 9.17) is 5.11 Å². The molecule has 4 saturated carbocycles. The van der Waals surface area contributed by atoms with Gasteiger partial charge in [-0.1, -0.05) is 20.8 Å². The van der Waals surface area contributed by atoms with Crippen molar-refractivity contribution in [2.45, 2.75) is 96.9 Å². The minimum atomic E-state index is -0.768. The molecule has 0 aromatic rings. The maximum absolute atomic E-state index is 11.3. The fourth-order valence-electron chi connectivity index (χ4n) is 8.82. The highest BCUT2D eigenvalue weighted by Crippen LogP contribution is 2.68. The molecule has 0 saturated heterocycles. The second-order valence-electron chi connectivity index (χ2n) is 11.5. The minimum Gasteiger partial charge on any atom is -0.481 e. The van der Waals surface area contributed by atoms with Crippen molar-refractivity contribution in [2.75, 3.05) is 0 Å². The zero-order chi connectivity index (χ0) is 21.1. The molecule has 0 aromatic heterocycles. The van der Waals surface area contributed by atoms with Gasteiger partial charge >= 0.3 is 5.97 Å². The highest BCUT2D eigenvalue weighted by Gasteiger charge is 2.64.